The smallest absolute Gasteiger partial charge is 0.344 e. The van der Waals surface area contributed by atoms with Crippen LogP contribution in [0.25, 0.3) is 0 Å². The van der Waals surface area contributed by atoms with Gasteiger partial charge in [-0.15, -0.1) is 4.40 Å². The van der Waals surface area contributed by atoms with E-state index in [9.17, 15) is 8.42 Å². The van der Waals surface area contributed by atoms with Crippen molar-refractivity contribution in [3.63, 3.8) is 0 Å². The second kappa shape index (κ2) is 4.83. The van der Waals surface area contributed by atoms with Gasteiger partial charge in [0.1, 0.15) is 5.75 Å². The van der Waals surface area contributed by atoms with Crippen molar-refractivity contribution in [1.29, 1.82) is 0 Å². The Hall–Kier alpha value is -1.80. The normalized spacial score (nSPS) is 16.4. The van der Waals surface area contributed by atoms with E-state index in [0.717, 1.165) is 0 Å². The molecule has 0 bridgehead atoms. The molecule has 0 saturated carbocycles. The van der Waals surface area contributed by atoms with Crippen LogP contribution in [0.15, 0.2) is 22.6 Å². The Kier molecular flexibility index (Phi) is 3.39. The number of rotatable bonds is 4. The SMILES string of the molecule is NC1=NS(=O)(=O)Nc2cccc(OCCCO)c21. The molecule has 8 heteroatoms. The number of nitrogens with zero attached hydrogens (tertiary/aromatic N) is 1. The molecule has 7 nitrogen and oxygen atoms in total. The van der Waals surface area contributed by atoms with Crippen LogP contribution in [0.3, 0.4) is 0 Å². The molecule has 1 aromatic carbocycles. The average Bonchev–Trinajstić information content (AvgIpc) is 2.27. The van der Waals surface area contributed by atoms with E-state index >= 15 is 0 Å². The summed E-state index contributed by atoms with van der Waals surface area (Å²) >= 11 is 0. The van der Waals surface area contributed by atoms with Crippen molar-refractivity contribution in [2.75, 3.05) is 17.9 Å². The summed E-state index contributed by atoms with van der Waals surface area (Å²) in [6.07, 6.45) is 0.479. The minimum absolute atomic E-state index is 0.0191. The molecular weight excluding hydrogens is 258 g/mol. The first-order chi connectivity index (χ1) is 8.53. The molecule has 2 rings (SSSR count). The third-order valence-corrected chi connectivity index (χ3v) is 3.21. The van der Waals surface area contributed by atoms with Gasteiger partial charge in [-0.3, -0.25) is 4.72 Å². The number of benzene rings is 1. The fraction of sp³-hybridized carbons (Fsp3) is 0.300. The highest BCUT2D eigenvalue weighted by atomic mass is 32.2. The summed E-state index contributed by atoms with van der Waals surface area (Å²) in [4.78, 5) is 0. The number of fused-ring (bicyclic) bond motifs is 1. The lowest BCUT2D eigenvalue weighted by atomic mass is 10.1. The van der Waals surface area contributed by atoms with E-state index in [0.29, 0.717) is 30.0 Å². The topological polar surface area (TPSA) is 114 Å². The van der Waals surface area contributed by atoms with Crippen LogP contribution in [0.4, 0.5) is 5.69 Å². The van der Waals surface area contributed by atoms with Crippen molar-refractivity contribution in [3.8, 4) is 5.75 Å². The van der Waals surface area contributed by atoms with E-state index in [1.54, 1.807) is 18.2 Å². The van der Waals surface area contributed by atoms with Crippen LogP contribution in [0.5, 0.6) is 5.75 Å². The zero-order valence-corrected chi connectivity index (χ0v) is 10.3. The minimum Gasteiger partial charge on any atom is -0.493 e. The van der Waals surface area contributed by atoms with Gasteiger partial charge in [0.25, 0.3) is 0 Å². The van der Waals surface area contributed by atoms with Crippen LogP contribution >= 0.6 is 0 Å². The molecule has 0 amide bonds. The lowest BCUT2D eigenvalue weighted by molar-refractivity contribution is 0.233. The van der Waals surface area contributed by atoms with Crippen LogP contribution in [0, 0.1) is 0 Å². The summed E-state index contributed by atoms with van der Waals surface area (Å²) in [5.74, 6) is 0.327. The van der Waals surface area contributed by atoms with Crippen molar-refractivity contribution in [2.24, 2.45) is 10.1 Å². The summed E-state index contributed by atoms with van der Waals surface area (Å²) in [6.45, 7) is 0.332. The van der Waals surface area contributed by atoms with Crippen LogP contribution in [0.1, 0.15) is 12.0 Å². The predicted octanol–water partition coefficient (Wildman–Crippen LogP) is -0.177. The third-order valence-electron chi connectivity index (χ3n) is 2.30. The number of amidine groups is 1. The largest absolute Gasteiger partial charge is 0.493 e. The molecule has 0 fully saturated rings. The van der Waals surface area contributed by atoms with Crippen LogP contribution < -0.4 is 15.2 Å². The van der Waals surface area contributed by atoms with Crippen LogP contribution in [-0.2, 0) is 10.2 Å². The summed E-state index contributed by atoms with van der Waals surface area (Å²) in [5.41, 5.74) is 6.39. The average molecular weight is 271 g/mol. The fourth-order valence-corrected chi connectivity index (χ4v) is 2.43. The Morgan fingerprint density at radius 2 is 2.22 bits per heavy atom. The first kappa shape index (κ1) is 12.7. The molecule has 1 aliphatic heterocycles. The van der Waals surface area contributed by atoms with Gasteiger partial charge in [-0.05, 0) is 12.1 Å². The van der Waals surface area contributed by atoms with E-state index < -0.39 is 10.2 Å². The first-order valence-corrected chi connectivity index (χ1v) is 6.73. The zero-order chi connectivity index (χ0) is 13.2. The lowest BCUT2D eigenvalue weighted by Gasteiger charge is -2.18. The van der Waals surface area contributed by atoms with Gasteiger partial charge in [-0.1, -0.05) is 6.07 Å². The molecule has 0 spiro atoms. The maximum atomic E-state index is 11.3. The van der Waals surface area contributed by atoms with Crippen LogP contribution in [0.2, 0.25) is 0 Å². The first-order valence-electron chi connectivity index (χ1n) is 5.29. The summed E-state index contributed by atoms with van der Waals surface area (Å²) in [7, 11) is -3.77. The number of ether oxygens (including phenoxy) is 1. The highest BCUT2D eigenvalue weighted by Gasteiger charge is 2.24. The molecule has 98 valence electrons. The molecule has 0 atom stereocenters. The Morgan fingerprint density at radius 1 is 1.44 bits per heavy atom. The molecule has 18 heavy (non-hydrogen) atoms. The molecule has 0 radical (unpaired) electrons. The summed E-state index contributed by atoms with van der Waals surface area (Å²) < 4.78 is 33.8. The second-order valence-corrected chi connectivity index (χ2v) is 4.99. The minimum atomic E-state index is -3.77. The lowest BCUT2D eigenvalue weighted by Crippen LogP contribution is -2.27. The van der Waals surface area contributed by atoms with Gasteiger partial charge >= 0.3 is 10.2 Å². The second-order valence-electron chi connectivity index (χ2n) is 3.66. The molecule has 4 N–H and O–H groups in total. The van der Waals surface area contributed by atoms with E-state index in [-0.39, 0.29) is 12.4 Å². The van der Waals surface area contributed by atoms with Crippen molar-refractivity contribution >= 4 is 21.7 Å². The molecule has 1 aliphatic rings. The Morgan fingerprint density at radius 3 is 2.94 bits per heavy atom. The summed E-state index contributed by atoms with van der Waals surface area (Å²) in [6, 6.07) is 4.89. The maximum Gasteiger partial charge on any atom is 0.344 e. The van der Waals surface area contributed by atoms with Gasteiger partial charge in [0.15, 0.2) is 5.84 Å². The molecule has 0 aromatic heterocycles. The van der Waals surface area contributed by atoms with Crippen LogP contribution in [-0.4, -0.2) is 32.6 Å². The Bertz CT molecular complexity index is 583. The van der Waals surface area contributed by atoms with Gasteiger partial charge in [-0.2, -0.15) is 8.42 Å². The monoisotopic (exact) mass is 271 g/mol. The van der Waals surface area contributed by atoms with Gasteiger partial charge in [0.2, 0.25) is 0 Å². The summed E-state index contributed by atoms with van der Waals surface area (Å²) in [5, 5.41) is 8.68. The standard InChI is InChI=1S/C10H13N3O4S/c11-10-9-7(12-18(15,16)13-10)3-1-4-8(9)17-6-2-5-14/h1,3-4,12,14H,2,5-6H2,(H2,11,13). The van der Waals surface area contributed by atoms with Crippen molar-refractivity contribution < 1.29 is 18.3 Å². The number of hydrogen-bond acceptors (Lipinski definition) is 5. The van der Waals surface area contributed by atoms with Crippen molar-refractivity contribution in [1.82, 2.24) is 0 Å². The van der Waals surface area contributed by atoms with Gasteiger partial charge in [0.05, 0.1) is 17.9 Å². The number of nitrogens with one attached hydrogen (secondary N) is 1. The van der Waals surface area contributed by atoms with E-state index in [4.69, 9.17) is 15.6 Å². The third kappa shape index (κ3) is 2.54. The quantitative estimate of drug-likeness (QED) is 0.657. The van der Waals surface area contributed by atoms with E-state index in [1.165, 1.54) is 0 Å². The molecule has 0 saturated heterocycles. The molecular formula is C10H13N3O4S. The number of anilines is 1. The Balaban J connectivity index is 2.36. The van der Waals surface area contributed by atoms with Crippen molar-refractivity contribution in [3.05, 3.63) is 23.8 Å². The van der Waals surface area contributed by atoms with E-state index in [1.807, 2.05) is 0 Å². The number of nitrogens with two attached hydrogens (primary N) is 1. The number of hydrogen-bond donors (Lipinski definition) is 3. The van der Waals surface area contributed by atoms with Gasteiger partial charge in [0, 0.05) is 13.0 Å². The molecule has 1 heterocycles. The highest BCUT2D eigenvalue weighted by molar-refractivity contribution is 7.91. The van der Waals surface area contributed by atoms with Gasteiger partial charge < -0.3 is 15.6 Å². The van der Waals surface area contributed by atoms with E-state index in [2.05, 4.69) is 9.12 Å². The van der Waals surface area contributed by atoms with Crippen molar-refractivity contribution in [2.45, 2.75) is 6.42 Å². The zero-order valence-electron chi connectivity index (χ0n) is 9.46. The van der Waals surface area contributed by atoms with Gasteiger partial charge in [-0.25, -0.2) is 0 Å². The number of aliphatic hydroxyl groups is 1. The number of aliphatic hydroxyl groups excluding tert-OH is 1. The maximum absolute atomic E-state index is 11.3. The predicted molar refractivity (Wildman–Crippen MR) is 66.9 cm³/mol. The molecule has 0 aliphatic carbocycles. The Labute approximate surface area is 104 Å². The molecule has 1 aromatic rings. The fourth-order valence-electron chi connectivity index (χ4n) is 1.58. The highest BCUT2D eigenvalue weighted by Crippen LogP contribution is 2.30. The molecule has 0 unspecified atom stereocenters.